The highest BCUT2D eigenvalue weighted by atomic mass is 32.2. The van der Waals surface area contributed by atoms with E-state index in [0.717, 1.165) is 24.3 Å². The summed E-state index contributed by atoms with van der Waals surface area (Å²) >= 11 is 5.92. The van der Waals surface area contributed by atoms with E-state index in [1.165, 1.54) is 49.4 Å². The molecule has 3 aliphatic rings. The van der Waals surface area contributed by atoms with E-state index in [2.05, 4.69) is 84.8 Å². The lowest BCUT2D eigenvalue weighted by molar-refractivity contribution is 0.872. The van der Waals surface area contributed by atoms with Crippen LogP contribution in [0.3, 0.4) is 0 Å². The number of hydrogen-bond donors (Lipinski definition) is 0. The number of nitrogens with zero attached hydrogens (tertiary/aromatic N) is 1. The summed E-state index contributed by atoms with van der Waals surface area (Å²) in [5.74, 6) is 2.15. The van der Waals surface area contributed by atoms with E-state index in [4.69, 9.17) is 0 Å². The molecule has 0 aromatic heterocycles. The number of allylic oxidation sites excluding steroid dienone is 6. The van der Waals surface area contributed by atoms with Gasteiger partial charge in [-0.2, -0.15) is 0 Å². The van der Waals surface area contributed by atoms with Gasteiger partial charge in [-0.25, -0.2) is 0 Å². The van der Waals surface area contributed by atoms with Crippen molar-refractivity contribution in [2.45, 2.75) is 41.2 Å². The van der Waals surface area contributed by atoms with Crippen molar-refractivity contribution in [1.82, 2.24) is 0 Å². The van der Waals surface area contributed by atoms with Crippen LogP contribution in [-0.4, -0.2) is 12.8 Å². The second-order valence-electron chi connectivity index (χ2n) is 8.07. The molecule has 31 heavy (non-hydrogen) atoms. The van der Waals surface area contributed by atoms with Gasteiger partial charge in [0.05, 0.1) is 5.69 Å². The Bertz CT molecular complexity index is 1080. The number of rotatable bonds is 6. The number of thioether (sulfide) groups is 3. The zero-order valence-electron chi connectivity index (χ0n) is 17.8. The van der Waals surface area contributed by atoms with Crippen LogP contribution in [0.25, 0.3) is 0 Å². The van der Waals surface area contributed by atoms with Crippen LogP contribution in [0, 0.1) is 0 Å². The average Bonchev–Trinajstić information content (AvgIpc) is 2.82. The lowest BCUT2D eigenvalue weighted by Crippen LogP contribution is -2.22. The molecule has 0 saturated heterocycles. The van der Waals surface area contributed by atoms with Crippen molar-refractivity contribution >= 4 is 41.0 Å². The molecular weight excluding hydrogens is 435 g/mol. The van der Waals surface area contributed by atoms with Crippen LogP contribution in [0.15, 0.2) is 104 Å². The van der Waals surface area contributed by atoms with E-state index in [1.807, 2.05) is 35.3 Å². The first-order valence-corrected chi connectivity index (χ1v) is 13.7. The predicted molar refractivity (Wildman–Crippen MR) is 140 cm³/mol. The van der Waals surface area contributed by atoms with Crippen molar-refractivity contribution in [2.75, 3.05) is 17.7 Å². The number of hydrogen-bond acceptors (Lipinski definition) is 4. The van der Waals surface area contributed by atoms with Crippen LogP contribution in [-0.2, 0) is 5.75 Å². The quantitative estimate of drug-likeness (QED) is 0.397. The highest BCUT2D eigenvalue weighted by Crippen LogP contribution is 2.49. The molecule has 2 aliphatic carbocycles. The molecule has 0 spiro atoms. The van der Waals surface area contributed by atoms with Crippen molar-refractivity contribution in [3.8, 4) is 0 Å². The Hall–Kier alpha value is -1.75. The van der Waals surface area contributed by atoms with E-state index in [1.54, 1.807) is 5.57 Å². The molecular formula is C27H27NS3. The van der Waals surface area contributed by atoms with E-state index < -0.39 is 0 Å². The fourth-order valence-corrected chi connectivity index (χ4v) is 7.50. The summed E-state index contributed by atoms with van der Waals surface area (Å²) in [6, 6.07) is 17.8. The molecule has 5 rings (SSSR count). The Morgan fingerprint density at radius 1 is 0.968 bits per heavy atom. The topological polar surface area (TPSA) is 3.24 Å². The van der Waals surface area contributed by atoms with Crippen LogP contribution in [0.5, 0.6) is 0 Å². The Morgan fingerprint density at radius 3 is 2.71 bits per heavy atom. The van der Waals surface area contributed by atoms with Gasteiger partial charge >= 0.3 is 0 Å². The second-order valence-corrected chi connectivity index (χ2v) is 11.3. The standard InChI is InChI=1S/C27H27NS3/c1-28-24-14-12-22(29-18-20-8-4-2-5-9-20)16-26(24)31-27-17-23(13-15-25(27)28)30-19-21-10-6-3-7-11-21/h2-6,8-10,13,15-17H,7,11-12,14,18-19H2,1H3. The number of benzene rings is 2. The lowest BCUT2D eigenvalue weighted by Gasteiger charge is -2.34. The molecule has 0 unspecified atom stereocenters. The molecule has 1 heterocycles. The summed E-state index contributed by atoms with van der Waals surface area (Å²) in [6.45, 7) is 0. The monoisotopic (exact) mass is 461 g/mol. The minimum Gasteiger partial charge on any atom is -0.346 e. The van der Waals surface area contributed by atoms with E-state index in [-0.39, 0.29) is 0 Å². The van der Waals surface area contributed by atoms with Crippen molar-refractivity contribution in [2.24, 2.45) is 0 Å². The highest BCUT2D eigenvalue weighted by Gasteiger charge is 2.25. The van der Waals surface area contributed by atoms with Gasteiger partial charge in [0.25, 0.3) is 0 Å². The smallest absolute Gasteiger partial charge is 0.0548 e. The van der Waals surface area contributed by atoms with Crippen LogP contribution in [0.2, 0.25) is 0 Å². The molecule has 0 fully saturated rings. The summed E-state index contributed by atoms with van der Waals surface area (Å²) < 4.78 is 0. The van der Waals surface area contributed by atoms with Crippen molar-refractivity contribution < 1.29 is 0 Å². The van der Waals surface area contributed by atoms with Gasteiger partial charge in [-0.15, -0.1) is 23.5 Å². The van der Waals surface area contributed by atoms with Crippen LogP contribution >= 0.6 is 35.3 Å². The average molecular weight is 462 g/mol. The summed E-state index contributed by atoms with van der Waals surface area (Å²) in [5.41, 5.74) is 5.77. The predicted octanol–water partition coefficient (Wildman–Crippen LogP) is 8.42. The first-order valence-electron chi connectivity index (χ1n) is 10.9. The van der Waals surface area contributed by atoms with E-state index in [0.29, 0.717) is 0 Å². The normalized spacial score (nSPS) is 17.8. The molecule has 0 radical (unpaired) electrons. The Kier molecular flexibility index (Phi) is 6.68. The maximum Gasteiger partial charge on any atom is 0.0548 e. The zero-order valence-corrected chi connectivity index (χ0v) is 20.3. The minimum atomic E-state index is 1.05. The first kappa shape index (κ1) is 21.1. The maximum atomic E-state index is 2.44. The van der Waals surface area contributed by atoms with Crippen molar-refractivity contribution in [1.29, 1.82) is 0 Å². The zero-order chi connectivity index (χ0) is 21.0. The lowest BCUT2D eigenvalue weighted by atomic mass is 10.1. The summed E-state index contributed by atoms with van der Waals surface area (Å²) in [4.78, 5) is 8.11. The van der Waals surface area contributed by atoms with E-state index >= 15 is 0 Å². The highest BCUT2D eigenvalue weighted by molar-refractivity contribution is 8.04. The second kappa shape index (κ2) is 9.81. The van der Waals surface area contributed by atoms with Gasteiger partial charge in [-0.05, 0) is 60.4 Å². The minimum absolute atomic E-state index is 1.05. The SMILES string of the molecule is CN1C2=C(C=C(SCc3ccccc3)CC2)Sc2cc(SCC3=CC=CCC3)ccc21. The Morgan fingerprint density at radius 2 is 1.87 bits per heavy atom. The Labute approximate surface area is 198 Å². The fourth-order valence-electron chi connectivity index (χ4n) is 4.11. The summed E-state index contributed by atoms with van der Waals surface area (Å²) in [7, 11) is 2.23. The molecule has 158 valence electrons. The van der Waals surface area contributed by atoms with Gasteiger partial charge < -0.3 is 4.90 Å². The molecule has 0 bridgehead atoms. The van der Waals surface area contributed by atoms with Crippen LogP contribution in [0.4, 0.5) is 5.69 Å². The molecule has 2 aromatic carbocycles. The third kappa shape index (κ3) is 5.02. The van der Waals surface area contributed by atoms with Crippen LogP contribution in [0.1, 0.15) is 31.2 Å². The van der Waals surface area contributed by atoms with Gasteiger partial charge in [0.1, 0.15) is 0 Å². The first-order chi connectivity index (χ1) is 15.3. The third-order valence-electron chi connectivity index (χ3n) is 5.89. The molecule has 0 atom stereocenters. The maximum absolute atomic E-state index is 2.44. The summed E-state index contributed by atoms with van der Waals surface area (Å²) in [6.07, 6.45) is 13.9. The molecule has 0 N–H and O–H groups in total. The fraction of sp³-hybridized carbons (Fsp3) is 0.259. The molecule has 0 amide bonds. The molecule has 0 saturated carbocycles. The third-order valence-corrected chi connectivity index (χ3v) is 9.29. The van der Waals surface area contributed by atoms with Gasteiger partial charge in [0.2, 0.25) is 0 Å². The van der Waals surface area contributed by atoms with Crippen molar-refractivity contribution in [3.05, 3.63) is 99.5 Å². The van der Waals surface area contributed by atoms with Gasteiger partial charge in [-0.3, -0.25) is 0 Å². The molecule has 1 nitrogen and oxygen atoms in total. The van der Waals surface area contributed by atoms with Crippen molar-refractivity contribution in [3.63, 3.8) is 0 Å². The largest absolute Gasteiger partial charge is 0.346 e. The van der Waals surface area contributed by atoms with Gasteiger partial charge in [-0.1, -0.05) is 65.9 Å². The van der Waals surface area contributed by atoms with Gasteiger partial charge in [0, 0.05) is 38.9 Å². The molecule has 4 heteroatoms. The van der Waals surface area contributed by atoms with E-state index in [9.17, 15) is 0 Å². The number of anilines is 1. The van der Waals surface area contributed by atoms with Crippen LogP contribution < -0.4 is 4.90 Å². The molecule has 1 aliphatic heterocycles. The Balaban J connectivity index is 1.29. The number of fused-ring (bicyclic) bond motifs is 1. The summed E-state index contributed by atoms with van der Waals surface area (Å²) in [5, 5.41) is 0. The molecule has 2 aromatic rings. The van der Waals surface area contributed by atoms with Gasteiger partial charge in [0.15, 0.2) is 0 Å².